The Kier molecular flexibility index (Phi) is 7.26. The van der Waals surface area contributed by atoms with Crippen LogP contribution in [0, 0.1) is 0 Å². The highest BCUT2D eigenvalue weighted by Crippen LogP contribution is 2.42. The number of aromatic nitrogens is 1. The fraction of sp³-hybridized carbons (Fsp3) is 0.462. The Hall–Kier alpha value is -3.26. The summed E-state index contributed by atoms with van der Waals surface area (Å²) < 4.78 is 10.4. The summed E-state index contributed by atoms with van der Waals surface area (Å²) in [6.07, 6.45) is 5.21. The van der Waals surface area contributed by atoms with Gasteiger partial charge in [0.15, 0.2) is 0 Å². The van der Waals surface area contributed by atoms with Crippen molar-refractivity contribution in [2.24, 2.45) is 0 Å². The molecule has 2 aliphatic heterocycles. The van der Waals surface area contributed by atoms with Crippen LogP contribution in [-0.2, 0) is 24.5 Å². The van der Waals surface area contributed by atoms with Crippen molar-refractivity contribution in [3.63, 3.8) is 0 Å². The molecular formula is C26H31N3O5. The van der Waals surface area contributed by atoms with Crippen molar-refractivity contribution >= 4 is 17.7 Å². The monoisotopic (exact) mass is 465 g/mol. The second kappa shape index (κ2) is 10.3. The quantitative estimate of drug-likeness (QED) is 0.557. The van der Waals surface area contributed by atoms with Gasteiger partial charge in [-0.05, 0) is 54.2 Å². The zero-order valence-corrected chi connectivity index (χ0v) is 19.7. The fourth-order valence-corrected chi connectivity index (χ4v) is 5.06. The summed E-state index contributed by atoms with van der Waals surface area (Å²) in [7, 11) is 3.08. The van der Waals surface area contributed by atoms with Gasteiger partial charge in [-0.15, -0.1) is 0 Å². The molecule has 8 nitrogen and oxygen atoms in total. The minimum absolute atomic E-state index is 0.0397. The lowest BCUT2D eigenvalue weighted by Crippen LogP contribution is -2.45. The number of hydrogen-bond acceptors (Lipinski definition) is 6. The van der Waals surface area contributed by atoms with E-state index in [1.165, 1.54) is 17.6 Å². The molecule has 2 fully saturated rings. The minimum atomic E-state index is -1.24. The number of carbonyl (C=O) groups is 3. The highest BCUT2D eigenvalue weighted by molar-refractivity contribution is 6.10. The number of benzene rings is 1. The first-order valence-corrected chi connectivity index (χ1v) is 11.6. The molecule has 2 saturated heterocycles. The van der Waals surface area contributed by atoms with Crippen LogP contribution in [0.3, 0.4) is 0 Å². The van der Waals surface area contributed by atoms with Gasteiger partial charge in [0.2, 0.25) is 17.7 Å². The minimum Gasteiger partial charge on any atom is -0.497 e. The third-order valence-corrected chi connectivity index (χ3v) is 7.03. The number of rotatable bonds is 8. The number of carbonyl (C=O) groups excluding carboxylic acids is 3. The van der Waals surface area contributed by atoms with Gasteiger partial charge in [0.25, 0.3) is 0 Å². The van der Waals surface area contributed by atoms with Crippen molar-refractivity contribution in [3.05, 3.63) is 59.9 Å². The van der Waals surface area contributed by atoms with Gasteiger partial charge in [0.05, 0.1) is 25.7 Å². The Morgan fingerprint density at radius 1 is 1.12 bits per heavy atom. The van der Waals surface area contributed by atoms with E-state index in [1.807, 2.05) is 17.0 Å². The molecule has 180 valence electrons. The van der Waals surface area contributed by atoms with Crippen LogP contribution in [-0.4, -0.2) is 73.0 Å². The normalized spacial score (nSPS) is 21.2. The molecular weight excluding hydrogens is 434 g/mol. The number of hydrogen-bond donors (Lipinski definition) is 0. The molecule has 1 atom stereocenters. The second-order valence-electron chi connectivity index (χ2n) is 8.95. The smallest absolute Gasteiger partial charge is 0.240 e. The lowest BCUT2D eigenvalue weighted by molar-refractivity contribution is -0.143. The Balaban J connectivity index is 1.55. The van der Waals surface area contributed by atoms with Crippen LogP contribution >= 0.6 is 0 Å². The number of methoxy groups -OCH3 is 2. The predicted molar refractivity (Wildman–Crippen MR) is 125 cm³/mol. The molecule has 0 unspecified atom stereocenters. The predicted octanol–water partition coefficient (Wildman–Crippen LogP) is 2.53. The van der Waals surface area contributed by atoms with E-state index in [-0.39, 0.29) is 43.7 Å². The van der Waals surface area contributed by atoms with E-state index in [4.69, 9.17) is 9.47 Å². The summed E-state index contributed by atoms with van der Waals surface area (Å²) in [5.74, 6) is 0.235. The molecule has 0 saturated carbocycles. The van der Waals surface area contributed by atoms with Gasteiger partial charge in [-0.25, -0.2) is 0 Å². The number of imide groups is 1. The molecule has 0 spiro atoms. The van der Waals surface area contributed by atoms with Gasteiger partial charge in [0.1, 0.15) is 5.75 Å². The highest BCUT2D eigenvalue weighted by atomic mass is 16.5. The maximum atomic E-state index is 13.6. The Bertz CT molecular complexity index is 1040. The lowest BCUT2D eigenvalue weighted by Gasteiger charge is -2.35. The first-order chi connectivity index (χ1) is 16.5. The zero-order chi connectivity index (χ0) is 24.1. The molecule has 1 aromatic carbocycles. The molecule has 2 aliphatic rings. The molecule has 1 aromatic heterocycles. The van der Waals surface area contributed by atoms with Gasteiger partial charge in [-0.2, -0.15) is 0 Å². The fourth-order valence-electron chi connectivity index (χ4n) is 5.06. The van der Waals surface area contributed by atoms with Crippen LogP contribution in [0.5, 0.6) is 5.75 Å². The molecule has 0 bridgehead atoms. The van der Waals surface area contributed by atoms with Gasteiger partial charge >= 0.3 is 0 Å². The van der Waals surface area contributed by atoms with Crippen molar-refractivity contribution in [1.82, 2.24) is 14.8 Å². The number of ether oxygens (including phenoxy) is 2. The average molecular weight is 466 g/mol. The zero-order valence-electron chi connectivity index (χ0n) is 19.7. The molecule has 3 heterocycles. The third kappa shape index (κ3) is 4.68. The van der Waals surface area contributed by atoms with E-state index in [2.05, 4.69) is 4.98 Å². The summed E-state index contributed by atoms with van der Waals surface area (Å²) >= 11 is 0. The van der Waals surface area contributed by atoms with E-state index in [0.717, 1.165) is 12.8 Å². The van der Waals surface area contributed by atoms with E-state index in [0.29, 0.717) is 30.3 Å². The maximum Gasteiger partial charge on any atom is 0.240 e. The first kappa shape index (κ1) is 23.9. The van der Waals surface area contributed by atoms with Gasteiger partial charge in [-0.1, -0.05) is 12.1 Å². The number of likely N-dealkylation sites (tertiary alicyclic amines) is 2. The third-order valence-electron chi connectivity index (χ3n) is 7.03. The van der Waals surface area contributed by atoms with Crippen LogP contribution in [0.2, 0.25) is 0 Å². The lowest BCUT2D eigenvalue weighted by atomic mass is 9.75. The van der Waals surface area contributed by atoms with Crippen molar-refractivity contribution in [2.75, 3.05) is 40.5 Å². The summed E-state index contributed by atoms with van der Waals surface area (Å²) in [6, 6.07) is 11.2. The number of piperidine rings is 1. The van der Waals surface area contributed by atoms with Gasteiger partial charge in [0, 0.05) is 45.4 Å². The molecule has 2 aromatic rings. The molecule has 8 heteroatoms. The largest absolute Gasteiger partial charge is 0.497 e. The van der Waals surface area contributed by atoms with Crippen LogP contribution in [0.15, 0.2) is 48.8 Å². The Labute approximate surface area is 199 Å². The molecule has 34 heavy (non-hydrogen) atoms. The van der Waals surface area contributed by atoms with E-state index in [1.54, 1.807) is 43.8 Å². The number of pyridine rings is 1. The Morgan fingerprint density at radius 3 is 2.53 bits per heavy atom. The molecule has 0 N–H and O–H groups in total. The molecule has 0 aliphatic carbocycles. The molecule has 0 radical (unpaired) electrons. The SMILES string of the molecule is COCCN1C(=O)C[C@](CC(=O)N2CCC(c3ccncc3)CC2)(c2cccc(OC)c2)C1=O. The molecule has 4 rings (SSSR count). The standard InChI is InChI=1S/C26H31N3O5/c1-33-15-14-29-24(31)18-26(25(29)32,21-4-3-5-22(16-21)34-2)17-23(30)28-12-8-20(9-13-28)19-6-10-27-11-7-19/h3-7,10-11,16,20H,8-9,12-15,17-18H2,1-2H3/t26-/m1/s1. The first-order valence-electron chi connectivity index (χ1n) is 11.6. The Morgan fingerprint density at radius 2 is 1.85 bits per heavy atom. The highest BCUT2D eigenvalue weighted by Gasteiger charge is 2.54. The van der Waals surface area contributed by atoms with Crippen molar-refractivity contribution in [3.8, 4) is 5.75 Å². The van der Waals surface area contributed by atoms with Crippen molar-refractivity contribution < 1.29 is 23.9 Å². The van der Waals surface area contributed by atoms with Gasteiger partial charge in [-0.3, -0.25) is 24.3 Å². The van der Waals surface area contributed by atoms with Crippen LogP contribution in [0.4, 0.5) is 0 Å². The van der Waals surface area contributed by atoms with Crippen molar-refractivity contribution in [2.45, 2.75) is 37.0 Å². The van der Waals surface area contributed by atoms with E-state index in [9.17, 15) is 14.4 Å². The summed E-state index contributed by atoms with van der Waals surface area (Å²) in [5, 5.41) is 0. The van der Waals surface area contributed by atoms with Crippen LogP contribution in [0.25, 0.3) is 0 Å². The van der Waals surface area contributed by atoms with Crippen LogP contribution < -0.4 is 4.74 Å². The summed E-state index contributed by atoms with van der Waals surface area (Å²) in [6.45, 7) is 1.67. The summed E-state index contributed by atoms with van der Waals surface area (Å²) in [4.78, 5) is 47.1. The van der Waals surface area contributed by atoms with Gasteiger partial charge < -0.3 is 14.4 Å². The van der Waals surface area contributed by atoms with E-state index < -0.39 is 5.41 Å². The second-order valence-corrected chi connectivity index (χ2v) is 8.95. The molecule has 3 amide bonds. The van der Waals surface area contributed by atoms with E-state index >= 15 is 0 Å². The average Bonchev–Trinajstić information content (AvgIpc) is 3.12. The number of nitrogens with zero attached hydrogens (tertiary/aromatic N) is 3. The number of amides is 3. The summed E-state index contributed by atoms with van der Waals surface area (Å²) in [5.41, 5.74) is 0.628. The maximum absolute atomic E-state index is 13.6. The van der Waals surface area contributed by atoms with Crippen LogP contribution in [0.1, 0.15) is 42.7 Å². The van der Waals surface area contributed by atoms with Crippen molar-refractivity contribution in [1.29, 1.82) is 0 Å². The topological polar surface area (TPSA) is 89.0 Å².